The molecule has 0 aliphatic heterocycles. The first-order valence-electron chi connectivity index (χ1n) is 8.51. The molecule has 0 bridgehead atoms. The fraction of sp³-hybridized carbons (Fsp3) is 0.0870. The molecule has 0 heterocycles. The molecule has 130 valence electrons. The van der Waals surface area contributed by atoms with Crippen LogP contribution in [0.1, 0.15) is 16.7 Å². The van der Waals surface area contributed by atoms with Crippen LogP contribution < -0.4 is 0 Å². The summed E-state index contributed by atoms with van der Waals surface area (Å²) >= 11 is 5.91. The van der Waals surface area contributed by atoms with E-state index in [-0.39, 0.29) is 5.91 Å². The maximum Gasteiger partial charge on any atom is 0.247 e. The Hall–Kier alpha value is -2.84. The quantitative estimate of drug-likeness (QED) is 0.524. The standard InChI is InChI=1S/C23H20ClNO/c24-22-14-11-19(12-15-22)13-16-23(26)25(17-20-7-3-1-4-8-20)18-21-9-5-2-6-10-21/h1-16H,17-18H2. The summed E-state index contributed by atoms with van der Waals surface area (Å²) in [6, 6.07) is 27.5. The highest BCUT2D eigenvalue weighted by Gasteiger charge is 2.12. The molecule has 3 aromatic carbocycles. The van der Waals surface area contributed by atoms with Crippen molar-refractivity contribution in [3.63, 3.8) is 0 Å². The average Bonchev–Trinajstić information content (AvgIpc) is 2.68. The third kappa shape index (κ3) is 5.33. The summed E-state index contributed by atoms with van der Waals surface area (Å²) in [6.45, 7) is 1.14. The Morgan fingerprint density at radius 3 is 1.77 bits per heavy atom. The first-order valence-corrected chi connectivity index (χ1v) is 8.89. The van der Waals surface area contributed by atoms with Crippen LogP contribution in [0.3, 0.4) is 0 Å². The molecule has 3 heteroatoms. The maximum atomic E-state index is 12.8. The minimum Gasteiger partial charge on any atom is -0.331 e. The van der Waals surface area contributed by atoms with Crippen LogP contribution in [0.15, 0.2) is 91.0 Å². The van der Waals surface area contributed by atoms with E-state index in [9.17, 15) is 4.79 Å². The van der Waals surface area contributed by atoms with E-state index in [1.165, 1.54) is 0 Å². The summed E-state index contributed by atoms with van der Waals surface area (Å²) in [6.07, 6.45) is 3.44. The first-order chi connectivity index (χ1) is 12.7. The van der Waals surface area contributed by atoms with Crippen LogP contribution in [-0.4, -0.2) is 10.8 Å². The molecule has 0 radical (unpaired) electrons. The fourth-order valence-electron chi connectivity index (χ4n) is 2.67. The largest absolute Gasteiger partial charge is 0.331 e. The van der Waals surface area contributed by atoms with Crippen molar-refractivity contribution in [2.24, 2.45) is 0 Å². The second-order valence-electron chi connectivity index (χ2n) is 6.05. The maximum absolute atomic E-state index is 12.8. The van der Waals surface area contributed by atoms with Gasteiger partial charge in [-0.1, -0.05) is 84.4 Å². The second-order valence-corrected chi connectivity index (χ2v) is 6.49. The molecule has 0 saturated heterocycles. The van der Waals surface area contributed by atoms with E-state index < -0.39 is 0 Å². The molecule has 0 aromatic heterocycles. The van der Waals surface area contributed by atoms with E-state index in [1.807, 2.05) is 95.9 Å². The Kier molecular flexibility index (Phi) is 6.24. The van der Waals surface area contributed by atoms with Crippen LogP contribution in [0.25, 0.3) is 6.08 Å². The van der Waals surface area contributed by atoms with Crippen molar-refractivity contribution in [3.05, 3.63) is 113 Å². The van der Waals surface area contributed by atoms with Crippen molar-refractivity contribution in [2.75, 3.05) is 0 Å². The van der Waals surface area contributed by atoms with Crippen LogP contribution in [0.2, 0.25) is 5.02 Å². The second kappa shape index (κ2) is 9.02. The van der Waals surface area contributed by atoms with Crippen molar-refractivity contribution in [3.8, 4) is 0 Å². The summed E-state index contributed by atoms with van der Waals surface area (Å²) in [5, 5.41) is 0.684. The Morgan fingerprint density at radius 2 is 1.27 bits per heavy atom. The lowest BCUT2D eigenvalue weighted by Crippen LogP contribution is -2.28. The smallest absolute Gasteiger partial charge is 0.247 e. The minimum absolute atomic E-state index is 0.0207. The van der Waals surface area contributed by atoms with Crippen LogP contribution in [0, 0.1) is 0 Å². The SMILES string of the molecule is O=C(C=Cc1ccc(Cl)cc1)N(Cc1ccccc1)Cc1ccccc1. The van der Waals surface area contributed by atoms with Crippen LogP contribution >= 0.6 is 11.6 Å². The highest BCUT2D eigenvalue weighted by atomic mass is 35.5. The summed E-state index contributed by atoms with van der Waals surface area (Å²) in [7, 11) is 0. The van der Waals surface area contributed by atoms with Gasteiger partial charge in [-0.25, -0.2) is 0 Å². The van der Waals surface area contributed by atoms with E-state index in [0.717, 1.165) is 16.7 Å². The molecule has 26 heavy (non-hydrogen) atoms. The Balaban J connectivity index is 1.76. The molecule has 0 atom stereocenters. The normalized spacial score (nSPS) is 10.8. The average molecular weight is 362 g/mol. The van der Waals surface area contributed by atoms with Crippen molar-refractivity contribution >= 4 is 23.6 Å². The number of carbonyl (C=O) groups excluding carboxylic acids is 1. The molecule has 3 aromatic rings. The van der Waals surface area contributed by atoms with E-state index in [2.05, 4.69) is 0 Å². The van der Waals surface area contributed by atoms with Gasteiger partial charge in [0.2, 0.25) is 5.91 Å². The summed E-state index contributed by atoms with van der Waals surface area (Å²) < 4.78 is 0. The number of hydrogen-bond acceptors (Lipinski definition) is 1. The molecule has 0 aliphatic rings. The van der Waals surface area contributed by atoms with E-state index >= 15 is 0 Å². The van der Waals surface area contributed by atoms with Gasteiger partial charge in [0.25, 0.3) is 0 Å². The zero-order chi connectivity index (χ0) is 18.2. The highest BCUT2D eigenvalue weighted by Crippen LogP contribution is 2.13. The number of halogens is 1. The van der Waals surface area contributed by atoms with Gasteiger partial charge in [-0.15, -0.1) is 0 Å². The van der Waals surface area contributed by atoms with E-state index in [4.69, 9.17) is 11.6 Å². The van der Waals surface area contributed by atoms with Crippen molar-refractivity contribution < 1.29 is 4.79 Å². The molecule has 0 saturated carbocycles. The number of amides is 1. The van der Waals surface area contributed by atoms with Gasteiger partial charge in [0.15, 0.2) is 0 Å². The lowest BCUT2D eigenvalue weighted by molar-refractivity contribution is -0.127. The van der Waals surface area contributed by atoms with Crippen molar-refractivity contribution in [1.82, 2.24) is 4.90 Å². The van der Waals surface area contributed by atoms with Gasteiger partial charge in [0.05, 0.1) is 0 Å². The Labute approximate surface area is 159 Å². The van der Waals surface area contributed by atoms with Crippen LogP contribution in [-0.2, 0) is 17.9 Å². The summed E-state index contributed by atoms with van der Waals surface area (Å²) in [5.41, 5.74) is 3.16. The number of hydrogen-bond donors (Lipinski definition) is 0. The third-order valence-corrected chi connectivity index (χ3v) is 4.28. The third-order valence-electron chi connectivity index (χ3n) is 4.03. The van der Waals surface area contributed by atoms with E-state index in [0.29, 0.717) is 18.1 Å². The summed E-state index contributed by atoms with van der Waals surface area (Å²) in [4.78, 5) is 14.6. The zero-order valence-corrected chi connectivity index (χ0v) is 15.1. The molecular formula is C23H20ClNO. The van der Waals surface area contributed by atoms with Gasteiger partial charge in [-0.05, 0) is 34.9 Å². The molecule has 0 spiro atoms. The molecule has 0 aliphatic carbocycles. The van der Waals surface area contributed by atoms with Gasteiger partial charge >= 0.3 is 0 Å². The van der Waals surface area contributed by atoms with Gasteiger partial charge in [0.1, 0.15) is 0 Å². The molecule has 3 rings (SSSR count). The number of rotatable bonds is 6. The predicted octanol–water partition coefficient (Wildman–Crippen LogP) is 5.58. The van der Waals surface area contributed by atoms with Gasteiger partial charge in [-0.2, -0.15) is 0 Å². The van der Waals surface area contributed by atoms with Gasteiger partial charge in [0, 0.05) is 24.2 Å². The number of nitrogens with zero attached hydrogens (tertiary/aromatic N) is 1. The van der Waals surface area contributed by atoms with Crippen LogP contribution in [0.5, 0.6) is 0 Å². The monoisotopic (exact) mass is 361 g/mol. The van der Waals surface area contributed by atoms with Gasteiger partial charge in [-0.3, -0.25) is 4.79 Å². The topological polar surface area (TPSA) is 20.3 Å². The van der Waals surface area contributed by atoms with Crippen LogP contribution in [0.4, 0.5) is 0 Å². The van der Waals surface area contributed by atoms with Gasteiger partial charge < -0.3 is 4.90 Å². The minimum atomic E-state index is -0.0207. The Morgan fingerprint density at radius 1 is 0.769 bits per heavy atom. The molecule has 0 fully saturated rings. The molecular weight excluding hydrogens is 342 g/mol. The molecule has 0 N–H and O–H groups in total. The predicted molar refractivity (Wildman–Crippen MR) is 108 cm³/mol. The zero-order valence-electron chi connectivity index (χ0n) is 14.4. The number of carbonyl (C=O) groups is 1. The van der Waals surface area contributed by atoms with Crippen molar-refractivity contribution in [1.29, 1.82) is 0 Å². The molecule has 0 unspecified atom stereocenters. The first kappa shape index (κ1) is 18.0. The van der Waals surface area contributed by atoms with E-state index in [1.54, 1.807) is 6.08 Å². The Bertz CT molecular complexity index is 816. The summed E-state index contributed by atoms with van der Waals surface area (Å²) in [5.74, 6) is -0.0207. The highest BCUT2D eigenvalue weighted by molar-refractivity contribution is 6.30. The lowest BCUT2D eigenvalue weighted by Gasteiger charge is -2.21. The lowest BCUT2D eigenvalue weighted by atomic mass is 10.1. The fourth-order valence-corrected chi connectivity index (χ4v) is 2.79. The van der Waals surface area contributed by atoms with Crippen molar-refractivity contribution in [2.45, 2.75) is 13.1 Å². The number of benzene rings is 3. The molecule has 2 nitrogen and oxygen atoms in total. The molecule has 1 amide bonds.